The van der Waals surface area contributed by atoms with Crippen LogP contribution in [0.3, 0.4) is 0 Å². The lowest BCUT2D eigenvalue weighted by atomic mass is 10.0. The normalized spacial score (nSPS) is 18.4. The van der Waals surface area contributed by atoms with E-state index in [0.29, 0.717) is 25.3 Å². The van der Waals surface area contributed by atoms with Gasteiger partial charge in [-0.05, 0) is 12.1 Å². The second kappa shape index (κ2) is 5.43. The number of carboxylic acid groups (broad SMARTS) is 1. The van der Waals surface area contributed by atoms with E-state index < -0.39 is 12.1 Å². The first kappa shape index (κ1) is 13.4. The van der Waals surface area contributed by atoms with Crippen molar-refractivity contribution in [2.24, 2.45) is 0 Å². The number of hydrogen-bond donors (Lipinski definition) is 1. The molecule has 5 heteroatoms. The van der Waals surface area contributed by atoms with Crippen molar-refractivity contribution in [1.82, 2.24) is 0 Å². The Hall–Kier alpha value is -2.58. The van der Waals surface area contributed by atoms with Crippen molar-refractivity contribution in [2.75, 3.05) is 24.6 Å². The van der Waals surface area contributed by atoms with Crippen LogP contribution in [0.25, 0.3) is 10.8 Å². The van der Waals surface area contributed by atoms with Crippen molar-refractivity contribution in [2.45, 2.75) is 6.10 Å². The van der Waals surface area contributed by atoms with Crippen LogP contribution >= 0.6 is 0 Å². The van der Waals surface area contributed by atoms with Gasteiger partial charge in [-0.25, -0.2) is 4.79 Å². The summed E-state index contributed by atoms with van der Waals surface area (Å²) in [6.07, 6.45) is -0.812. The molecule has 0 bridgehead atoms. The molecule has 1 N–H and O–H groups in total. The van der Waals surface area contributed by atoms with Crippen LogP contribution in [0.2, 0.25) is 0 Å². The number of anilines is 1. The third kappa shape index (κ3) is 2.41. The third-order valence-electron chi connectivity index (χ3n) is 3.70. The molecule has 1 aliphatic heterocycles. The number of nitrogens with zero attached hydrogens (tertiary/aromatic N) is 2. The second-order valence-corrected chi connectivity index (χ2v) is 4.93. The van der Waals surface area contributed by atoms with Crippen LogP contribution in [0, 0.1) is 11.3 Å². The summed E-state index contributed by atoms with van der Waals surface area (Å²) < 4.78 is 5.25. The number of benzene rings is 2. The van der Waals surface area contributed by atoms with Crippen LogP contribution < -0.4 is 4.90 Å². The van der Waals surface area contributed by atoms with Crippen molar-refractivity contribution < 1.29 is 14.6 Å². The number of fused-ring (bicyclic) bond motifs is 1. The fourth-order valence-corrected chi connectivity index (χ4v) is 2.67. The number of carbonyl (C=O) groups is 1. The maximum absolute atomic E-state index is 11.1. The van der Waals surface area contributed by atoms with E-state index in [9.17, 15) is 10.1 Å². The quantitative estimate of drug-likeness (QED) is 0.912. The number of aliphatic carboxylic acids is 1. The fourth-order valence-electron chi connectivity index (χ4n) is 2.67. The lowest BCUT2D eigenvalue weighted by Crippen LogP contribution is -2.46. The monoisotopic (exact) mass is 282 g/mol. The molecule has 0 spiro atoms. The predicted molar refractivity (Wildman–Crippen MR) is 78.3 cm³/mol. The van der Waals surface area contributed by atoms with Crippen LogP contribution in [-0.2, 0) is 9.53 Å². The standard InChI is InChI=1S/C16H14N2O3/c17-9-11-5-6-14(13-4-2-1-3-12(11)13)18-7-8-21-15(10-18)16(19)20/h1-6,15H,7-8,10H2,(H,19,20). The highest BCUT2D eigenvalue weighted by Crippen LogP contribution is 2.30. The molecule has 5 nitrogen and oxygen atoms in total. The number of carboxylic acids is 1. The van der Waals surface area contributed by atoms with Gasteiger partial charge in [0.2, 0.25) is 0 Å². The Bertz CT molecular complexity index is 736. The average molecular weight is 282 g/mol. The number of morpholine rings is 1. The molecule has 2 aromatic rings. The molecule has 1 unspecified atom stereocenters. The molecule has 1 heterocycles. The highest BCUT2D eigenvalue weighted by atomic mass is 16.5. The summed E-state index contributed by atoms with van der Waals surface area (Å²) in [6, 6.07) is 13.5. The summed E-state index contributed by atoms with van der Waals surface area (Å²) >= 11 is 0. The molecule has 1 fully saturated rings. The van der Waals surface area contributed by atoms with Gasteiger partial charge in [0.1, 0.15) is 0 Å². The number of ether oxygens (including phenoxy) is 1. The lowest BCUT2D eigenvalue weighted by Gasteiger charge is -2.33. The van der Waals surface area contributed by atoms with Gasteiger partial charge in [-0.3, -0.25) is 0 Å². The van der Waals surface area contributed by atoms with E-state index in [1.165, 1.54) is 0 Å². The van der Waals surface area contributed by atoms with E-state index in [0.717, 1.165) is 16.5 Å². The Kier molecular flexibility index (Phi) is 3.46. The SMILES string of the molecule is N#Cc1ccc(N2CCOC(C(=O)O)C2)c2ccccc12. The number of hydrogen-bond acceptors (Lipinski definition) is 4. The van der Waals surface area contributed by atoms with Gasteiger partial charge >= 0.3 is 5.97 Å². The van der Waals surface area contributed by atoms with E-state index >= 15 is 0 Å². The zero-order valence-corrected chi connectivity index (χ0v) is 11.3. The summed E-state index contributed by atoms with van der Waals surface area (Å²) in [5, 5.41) is 20.1. The van der Waals surface area contributed by atoms with Gasteiger partial charge in [-0.15, -0.1) is 0 Å². The minimum atomic E-state index is -0.947. The summed E-state index contributed by atoms with van der Waals surface area (Å²) in [5.41, 5.74) is 1.57. The smallest absolute Gasteiger partial charge is 0.334 e. The van der Waals surface area contributed by atoms with Gasteiger partial charge in [0.15, 0.2) is 6.10 Å². The molecule has 3 rings (SSSR count). The van der Waals surface area contributed by atoms with Crippen molar-refractivity contribution >= 4 is 22.4 Å². The molecular weight excluding hydrogens is 268 g/mol. The fraction of sp³-hybridized carbons (Fsp3) is 0.250. The Morgan fingerprint density at radius 2 is 2.05 bits per heavy atom. The van der Waals surface area contributed by atoms with Crippen molar-refractivity contribution in [3.05, 3.63) is 42.0 Å². The Morgan fingerprint density at radius 3 is 2.76 bits per heavy atom. The molecule has 2 aromatic carbocycles. The maximum Gasteiger partial charge on any atom is 0.334 e. The molecule has 0 aliphatic carbocycles. The van der Waals surface area contributed by atoms with Gasteiger partial charge in [-0.2, -0.15) is 5.26 Å². The van der Waals surface area contributed by atoms with Crippen molar-refractivity contribution in [3.63, 3.8) is 0 Å². The Balaban J connectivity index is 2.05. The van der Waals surface area contributed by atoms with E-state index in [-0.39, 0.29) is 0 Å². The van der Waals surface area contributed by atoms with Crippen LogP contribution in [0.15, 0.2) is 36.4 Å². The second-order valence-electron chi connectivity index (χ2n) is 4.93. The van der Waals surface area contributed by atoms with Gasteiger partial charge in [0.25, 0.3) is 0 Å². The Labute approximate surface area is 122 Å². The topological polar surface area (TPSA) is 73.6 Å². The largest absolute Gasteiger partial charge is 0.479 e. The molecule has 0 amide bonds. The zero-order chi connectivity index (χ0) is 14.8. The van der Waals surface area contributed by atoms with Crippen LogP contribution in [0.4, 0.5) is 5.69 Å². The molecule has 1 aliphatic rings. The van der Waals surface area contributed by atoms with Crippen molar-refractivity contribution in [3.8, 4) is 6.07 Å². The van der Waals surface area contributed by atoms with E-state index in [4.69, 9.17) is 9.84 Å². The highest BCUT2D eigenvalue weighted by Gasteiger charge is 2.27. The first-order valence-corrected chi connectivity index (χ1v) is 6.72. The summed E-state index contributed by atoms with van der Waals surface area (Å²) in [7, 11) is 0. The summed E-state index contributed by atoms with van der Waals surface area (Å²) in [4.78, 5) is 13.1. The van der Waals surface area contributed by atoms with Gasteiger partial charge in [0, 0.05) is 23.0 Å². The summed E-state index contributed by atoms with van der Waals surface area (Å²) in [6.45, 7) is 1.33. The predicted octanol–water partition coefficient (Wildman–Crippen LogP) is 2.00. The maximum atomic E-state index is 11.1. The third-order valence-corrected chi connectivity index (χ3v) is 3.70. The highest BCUT2D eigenvalue weighted by molar-refractivity contribution is 5.98. The lowest BCUT2D eigenvalue weighted by molar-refractivity contribution is -0.150. The first-order valence-electron chi connectivity index (χ1n) is 6.72. The molecular formula is C16H14N2O3. The average Bonchev–Trinajstić information content (AvgIpc) is 2.54. The first-order chi connectivity index (χ1) is 10.2. The summed E-state index contributed by atoms with van der Waals surface area (Å²) in [5.74, 6) is -0.947. The molecule has 0 aromatic heterocycles. The Morgan fingerprint density at radius 1 is 1.29 bits per heavy atom. The zero-order valence-electron chi connectivity index (χ0n) is 11.3. The van der Waals surface area contributed by atoms with Gasteiger partial charge in [-0.1, -0.05) is 24.3 Å². The van der Waals surface area contributed by atoms with Gasteiger partial charge in [0.05, 0.1) is 24.8 Å². The minimum Gasteiger partial charge on any atom is -0.479 e. The van der Waals surface area contributed by atoms with E-state index in [1.54, 1.807) is 6.07 Å². The molecule has 21 heavy (non-hydrogen) atoms. The molecule has 0 saturated carbocycles. The minimum absolute atomic E-state index is 0.311. The number of nitriles is 1. The number of rotatable bonds is 2. The molecule has 1 atom stereocenters. The molecule has 1 saturated heterocycles. The van der Waals surface area contributed by atoms with E-state index in [1.807, 2.05) is 35.2 Å². The molecule has 0 radical (unpaired) electrons. The van der Waals surface area contributed by atoms with Crippen molar-refractivity contribution in [1.29, 1.82) is 5.26 Å². The van der Waals surface area contributed by atoms with Crippen LogP contribution in [0.1, 0.15) is 5.56 Å². The molecule has 106 valence electrons. The van der Waals surface area contributed by atoms with Gasteiger partial charge < -0.3 is 14.7 Å². The van der Waals surface area contributed by atoms with E-state index in [2.05, 4.69) is 6.07 Å². The van der Waals surface area contributed by atoms with Crippen LogP contribution in [0.5, 0.6) is 0 Å². The van der Waals surface area contributed by atoms with Crippen LogP contribution in [-0.4, -0.2) is 36.9 Å².